The molecule has 14 nitrogen and oxygen atoms in total. The summed E-state index contributed by atoms with van der Waals surface area (Å²) in [6.45, 7) is 32.0. The zero-order chi connectivity index (χ0) is 44.0. The van der Waals surface area contributed by atoms with Gasteiger partial charge in [0.2, 0.25) is 0 Å². The summed E-state index contributed by atoms with van der Waals surface area (Å²) in [4.78, 5) is 68.9. The number of esters is 4. The van der Waals surface area contributed by atoms with Crippen LogP contribution in [0.2, 0.25) is 0 Å². The first-order chi connectivity index (χ1) is 26.2. The summed E-state index contributed by atoms with van der Waals surface area (Å²) in [6.07, 6.45) is -2.06. The van der Waals surface area contributed by atoms with E-state index in [0.717, 1.165) is 0 Å². The Balaban J connectivity index is 1.51. The number of nitrogens with one attached hydrogen (secondary N) is 2. The van der Waals surface area contributed by atoms with Crippen LogP contribution in [0.25, 0.3) is 0 Å². The summed E-state index contributed by atoms with van der Waals surface area (Å²) in [5.41, 5.74) is -4.16. The van der Waals surface area contributed by atoms with Crippen molar-refractivity contribution in [1.29, 1.82) is 0 Å². The lowest BCUT2D eigenvalue weighted by molar-refractivity contribution is -0.229. The minimum absolute atomic E-state index is 0.0383. The summed E-state index contributed by atoms with van der Waals surface area (Å²) >= 11 is 0. The van der Waals surface area contributed by atoms with E-state index in [9.17, 15) is 19.2 Å². The maximum absolute atomic E-state index is 14.4. The van der Waals surface area contributed by atoms with Crippen molar-refractivity contribution in [3.63, 3.8) is 0 Å². The molecule has 4 aliphatic heterocycles. The first-order valence-corrected chi connectivity index (χ1v) is 21.3. The standard InChI is InChI=1S/C44H76N4O10/c1-37(2)21-25(41(9,10)45-37)33(49)55-29-19-32(58-36(52)28-24-40(7,8)48(54-18)44(28,15)16)30(56-34(50)26-22-38(3,4)46-42(26,11)12)20-31(29)57-35(51)27-23-39(5,6)47(53-17)43(27,13)14/h25-32,45-46H,19-24H2,1-18H3. The van der Waals surface area contributed by atoms with Crippen LogP contribution in [0.3, 0.4) is 0 Å². The van der Waals surface area contributed by atoms with Crippen molar-refractivity contribution < 1.29 is 47.8 Å². The van der Waals surface area contributed by atoms with Crippen LogP contribution in [0.5, 0.6) is 0 Å². The van der Waals surface area contributed by atoms with Crippen molar-refractivity contribution in [2.24, 2.45) is 23.7 Å². The molecule has 5 aliphatic rings. The fourth-order valence-corrected chi connectivity index (χ4v) is 12.0. The molecule has 0 amide bonds. The molecule has 4 saturated heterocycles. The highest BCUT2D eigenvalue weighted by molar-refractivity contribution is 5.78. The van der Waals surface area contributed by atoms with Crippen LogP contribution in [0.15, 0.2) is 0 Å². The second-order valence-corrected chi connectivity index (χ2v) is 22.7. The van der Waals surface area contributed by atoms with Crippen LogP contribution >= 0.6 is 0 Å². The van der Waals surface area contributed by atoms with E-state index >= 15 is 0 Å². The lowest BCUT2D eigenvalue weighted by Crippen LogP contribution is -2.55. The van der Waals surface area contributed by atoms with E-state index < -0.39 is 105 Å². The number of hydrogen-bond donors (Lipinski definition) is 2. The lowest BCUT2D eigenvalue weighted by atomic mass is 9.84. The van der Waals surface area contributed by atoms with E-state index in [1.54, 1.807) is 14.2 Å². The Hall–Kier alpha value is -2.36. The molecule has 1 aliphatic carbocycles. The van der Waals surface area contributed by atoms with Gasteiger partial charge >= 0.3 is 23.9 Å². The maximum atomic E-state index is 14.4. The second kappa shape index (κ2) is 15.2. The molecule has 2 N–H and O–H groups in total. The molecule has 0 aromatic heterocycles. The lowest BCUT2D eigenvalue weighted by Gasteiger charge is -2.42. The molecule has 0 aromatic rings. The zero-order valence-electron chi connectivity index (χ0n) is 38.8. The minimum atomic E-state index is -0.998. The number of rotatable bonds is 10. The van der Waals surface area contributed by atoms with Crippen LogP contribution < -0.4 is 10.6 Å². The first kappa shape index (κ1) is 46.7. The van der Waals surface area contributed by atoms with Crippen LogP contribution in [-0.2, 0) is 47.8 Å². The third-order valence-electron chi connectivity index (χ3n) is 14.1. The average molecular weight is 821 g/mol. The predicted octanol–water partition coefficient (Wildman–Crippen LogP) is 5.64. The molecule has 0 bridgehead atoms. The summed E-state index contributed by atoms with van der Waals surface area (Å²) in [6, 6.07) is 0. The largest absolute Gasteiger partial charge is 0.458 e. The van der Waals surface area contributed by atoms with Crippen molar-refractivity contribution in [3.05, 3.63) is 0 Å². The molecule has 0 spiro atoms. The molecule has 8 atom stereocenters. The average Bonchev–Trinajstić information content (AvgIpc) is 3.58. The smallest absolute Gasteiger partial charge is 0.311 e. The summed E-state index contributed by atoms with van der Waals surface area (Å²) in [5, 5.41) is 10.8. The van der Waals surface area contributed by atoms with E-state index in [4.69, 9.17) is 28.6 Å². The summed E-state index contributed by atoms with van der Waals surface area (Å²) in [5.74, 6) is -3.96. The van der Waals surface area contributed by atoms with Crippen molar-refractivity contribution >= 4 is 23.9 Å². The summed E-state index contributed by atoms with van der Waals surface area (Å²) in [7, 11) is 3.19. The van der Waals surface area contributed by atoms with Gasteiger partial charge in [0, 0.05) is 46.1 Å². The highest BCUT2D eigenvalue weighted by Gasteiger charge is 2.60. The Kier molecular flexibility index (Phi) is 12.3. The predicted molar refractivity (Wildman–Crippen MR) is 218 cm³/mol. The van der Waals surface area contributed by atoms with E-state index in [2.05, 4.69) is 38.3 Å². The van der Waals surface area contributed by atoms with Crippen molar-refractivity contribution in [2.45, 2.75) is 218 Å². The second-order valence-electron chi connectivity index (χ2n) is 22.7. The molecule has 4 heterocycles. The molecule has 5 fully saturated rings. The molecule has 332 valence electrons. The molecular weight excluding hydrogens is 745 g/mol. The molecule has 8 unspecified atom stereocenters. The van der Waals surface area contributed by atoms with Crippen molar-refractivity contribution in [1.82, 2.24) is 20.8 Å². The van der Waals surface area contributed by atoms with Gasteiger partial charge in [0.25, 0.3) is 0 Å². The SMILES string of the molecule is CON1C(C)(C)CC(C(=O)OC2CC(OC(=O)C3CC(C)(C)NC3(C)C)C(OC(=O)C3CC(C)(C)N(OC)C3(C)C)CC2OC(=O)C2CC(C)(C)NC2(C)C)C1(C)C. The molecule has 58 heavy (non-hydrogen) atoms. The Labute approximate surface area is 347 Å². The fourth-order valence-electron chi connectivity index (χ4n) is 12.0. The van der Waals surface area contributed by atoms with Crippen LogP contribution in [0.4, 0.5) is 0 Å². The van der Waals surface area contributed by atoms with E-state index in [0.29, 0.717) is 25.7 Å². The highest BCUT2D eigenvalue weighted by Crippen LogP contribution is 2.48. The van der Waals surface area contributed by atoms with Gasteiger partial charge in [-0.05, 0) is 136 Å². The topological polar surface area (TPSA) is 154 Å². The van der Waals surface area contributed by atoms with Gasteiger partial charge in [0.15, 0.2) is 0 Å². The number of carbonyl (C=O) groups excluding carboxylic acids is 4. The minimum Gasteiger partial charge on any atom is -0.458 e. The van der Waals surface area contributed by atoms with Crippen molar-refractivity contribution in [3.8, 4) is 0 Å². The van der Waals surface area contributed by atoms with Crippen molar-refractivity contribution in [2.75, 3.05) is 14.2 Å². The van der Waals surface area contributed by atoms with Gasteiger partial charge in [-0.15, -0.1) is 0 Å². The third-order valence-corrected chi connectivity index (χ3v) is 14.1. The normalized spacial score (nSPS) is 36.6. The van der Waals surface area contributed by atoms with Gasteiger partial charge in [-0.3, -0.25) is 19.2 Å². The number of carbonyl (C=O) groups is 4. The molecule has 1 saturated carbocycles. The molecule has 14 heteroatoms. The number of hydrogen-bond acceptors (Lipinski definition) is 14. The van der Waals surface area contributed by atoms with Gasteiger partial charge in [-0.1, -0.05) is 0 Å². The van der Waals surface area contributed by atoms with Gasteiger partial charge in [0.05, 0.1) is 49.0 Å². The molecule has 0 aromatic carbocycles. The van der Waals surface area contributed by atoms with Crippen LogP contribution in [-0.4, -0.2) is 117 Å². The number of ether oxygens (including phenoxy) is 4. The van der Waals surface area contributed by atoms with E-state index in [1.165, 1.54) is 0 Å². The quantitative estimate of drug-likeness (QED) is 0.206. The number of hydroxylamine groups is 4. The van der Waals surface area contributed by atoms with Crippen LogP contribution in [0, 0.1) is 23.7 Å². The monoisotopic (exact) mass is 821 g/mol. The van der Waals surface area contributed by atoms with Gasteiger partial charge < -0.3 is 39.3 Å². The van der Waals surface area contributed by atoms with Crippen LogP contribution in [0.1, 0.15) is 149 Å². The Bertz CT molecular complexity index is 1490. The maximum Gasteiger partial charge on any atom is 0.311 e. The van der Waals surface area contributed by atoms with E-state index in [1.807, 2.05) is 93.2 Å². The molecule has 0 radical (unpaired) electrons. The molecular formula is C44H76N4O10. The zero-order valence-corrected chi connectivity index (χ0v) is 38.8. The Morgan fingerprint density at radius 2 is 0.690 bits per heavy atom. The fraction of sp³-hybridized carbons (Fsp3) is 0.909. The number of nitrogens with zero attached hydrogens (tertiary/aromatic N) is 2. The van der Waals surface area contributed by atoms with Gasteiger partial charge in [-0.2, -0.15) is 10.1 Å². The van der Waals surface area contributed by atoms with E-state index in [-0.39, 0.29) is 23.9 Å². The Morgan fingerprint density at radius 1 is 0.431 bits per heavy atom. The Morgan fingerprint density at radius 3 is 0.897 bits per heavy atom. The summed E-state index contributed by atoms with van der Waals surface area (Å²) < 4.78 is 25.7. The third kappa shape index (κ3) is 8.84. The van der Waals surface area contributed by atoms with Gasteiger partial charge in [-0.25, -0.2) is 0 Å². The van der Waals surface area contributed by atoms with Gasteiger partial charge in [0.1, 0.15) is 24.4 Å². The highest BCUT2D eigenvalue weighted by atomic mass is 16.7. The molecule has 5 rings (SSSR count). The first-order valence-electron chi connectivity index (χ1n) is 21.3.